The Labute approximate surface area is 123 Å². The Balaban J connectivity index is 2.01. The molecule has 0 radical (unpaired) electrons. The predicted molar refractivity (Wildman–Crippen MR) is 82.3 cm³/mol. The van der Waals surface area contributed by atoms with Gasteiger partial charge in [0, 0.05) is 28.1 Å². The van der Waals surface area contributed by atoms with Gasteiger partial charge < -0.3 is 5.32 Å². The molecule has 1 heterocycles. The molecule has 0 amide bonds. The summed E-state index contributed by atoms with van der Waals surface area (Å²) in [7, 11) is -1.50. The van der Waals surface area contributed by atoms with Crippen molar-refractivity contribution < 1.29 is 8.42 Å². The second kappa shape index (κ2) is 6.58. The maximum Gasteiger partial charge on any atom is 0.241 e. The second-order valence-electron chi connectivity index (χ2n) is 4.77. The van der Waals surface area contributed by atoms with Crippen molar-refractivity contribution in [3.8, 4) is 0 Å². The monoisotopic (exact) mass is 320 g/mol. The first-order valence-electron chi connectivity index (χ1n) is 6.32. The molecule has 1 aromatic heterocycles. The van der Waals surface area contributed by atoms with Gasteiger partial charge in [-0.25, -0.2) is 13.1 Å². The van der Waals surface area contributed by atoms with Gasteiger partial charge >= 0.3 is 0 Å². The highest BCUT2D eigenvalue weighted by Crippen LogP contribution is 2.29. The summed E-state index contributed by atoms with van der Waals surface area (Å²) in [5.74, 6) is 0. The Morgan fingerprint density at radius 1 is 1.47 bits per heavy atom. The quantitative estimate of drug-likeness (QED) is 0.842. The lowest BCUT2D eigenvalue weighted by Crippen LogP contribution is -2.32. The van der Waals surface area contributed by atoms with Crippen LogP contribution in [0.4, 0.5) is 0 Å². The average Bonchev–Trinajstić information content (AvgIpc) is 2.98. The van der Waals surface area contributed by atoms with Crippen molar-refractivity contribution >= 4 is 33.1 Å². The predicted octanol–water partition coefficient (Wildman–Crippen LogP) is 2.03. The van der Waals surface area contributed by atoms with Crippen LogP contribution in [0.3, 0.4) is 0 Å². The van der Waals surface area contributed by atoms with E-state index in [1.807, 2.05) is 18.8 Å². The molecule has 1 saturated carbocycles. The zero-order valence-corrected chi connectivity index (χ0v) is 13.6. The van der Waals surface area contributed by atoms with Gasteiger partial charge in [0.1, 0.15) is 0 Å². The van der Waals surface area contributed by atoms with Crippen molar-refractivity contribution in [2.24, 2.45) is 0 Å². The molecule has 2 N–H and O–H groups in total. The van der Waals surface area contributed by atoms with Crippen LogP contribution in [-0.2, 0) is 16.6 Å². The van der Waals surface area contributed by atoms with E-state index in [0.29, 0.717) is 16.7 Å². The molecule has 1 aromatic rings. The molecule has 2 rings (SSSR count). The van der Waals surface area contributed by atoms with Crippen LogP contribution in [0.25, 0.3) is 0 Å². The van der Waals surface area contributed by atoms with E-state index in [0.717, 1.165) is 24.1 Å². The summed E-state index contributed by atoms with van der Waals surface area (Å²) in [5.41, 5.74) is 0. The molecule has 19 heavy (non-hydrogen) atoms. The fourth-order valence-corrected chi connectivity index (χ4v) is 5.68. The third kappa shape index (κ3) is 3.95. The van der Waals surface area contributed by atoms with E-state index < -0.39 is 10.0 Å². The van der Waals surface area contributed by atoms with Gasteiger partial charge in [-0.2, -0.15) is 11.8 Å². The Morgan fingerprint density at radius 3 is 2.89 bits per heavy atom. The summed E-state index contributed by atoms with van der Waals surface area (Å²) in [5, 5.41) is 5.34. The molecule has 2 atom stereocenters. The minimum absolute atomic E-state index is 0.0927. The lowest BCUT2D eigenvalue weighted by atomic mass is 10.3. The van der Waals surface area contributed by atoms with Crippen LogP contribution in [-0.4, -0.2) is 33.0 Å². The van der Waals surface area contributed by atoms with Gasteiger partial charge in [0.2, 0.25) is 10.0 Å². The van der Waals surface area contributed by atoms with Gasteiger partial charge in [-0.1, -0.05) is 0 Å². The maximum absolute atomic E-state index is 12.3. The molecule has 1 aliphatic rings. The number of hydrogen-bond acceptors (Lipinski definition) is 5. The van der Waals surface area contributed by atoms with Gasteiger partial charge in [-0.15, -0.1) is 11.3 Å². The van der Waals surface area contributed by atoms with E-state index in [1.54, 1.807) is 11.4 Å². The summed E-state index contributed by atoms with van der Waals surface area (Å²) >= 11 is 3.31. The van der Waals surface area contributed by atoms with Crippen LogP contribution < -0.4 is 10.0 Å². The van der Waals surface area contributed by atoms with Gasteiger partial charge in [0.05, 0.1) is 4.90 Å². The molecular formula is C12H20N2O2S3. The van der Waals surface area contributed by atoms with Crippen LogP contribution in [0.15, 0.2) is 16.3 Å². The number of sulfonamides is 1. The minimum Gasteiger partial charge on any atom is -0.315 e. The molecule has 0 aromatic carbocycles. The standard InChI is InChI=1S/C12H20N2O2S3/c1-13-7-11-6-12(8-18-11)19(15,16)14-9-3-4-10(5-9)17-2/h6,8-10,13-14H,3-5,7H2,1-2H3. The zero-order valence-electron chi connectivity index (χ0n) is 11.2. The van der Waals surface area contributed by atoms with E-state index in [2.05, 4.69) is 16.3 Å². The van der Waals surface area contributed by atoms with Crippen LogP contribution in [0.1, 0.15) is 24.1 Å². The van der Waals surface area contributed by atoms with Crippen molar-refractivity contribution in [3.63, 3.8) is 0 Å². The molecule has 108 valence electrons. The van der Waals surface area contributed by atoms with Crippen LogP contribution in [0.5, 0.6) is 0 Å². The molecule has 1 aliphatic carbocycles. The number of rotatable bonds is 6. The summed E-state index contributed by atoms with van der Waals surface area (Å²) < 4.78 is 27.4. The summed E-state index contributed by atoms with van der Waals surface area (Å²) in [6.07, 6.45) is 5.07. The molecular weight excluding hydrogens is 300 g/mol. The van der Waals surface area contributed by atoms with Crippen molar-refractivity contribution in [1.29, 1.82) is 0 Å². The SMILES string of the molecule is CNCc1cc(S(=O)(=O)NC2CCC(SC)C2)cs1. The van der Waals surface area contributed by atoms with Gasteiger partial charge in [-0.3, -0.25) is 0 Å². The molecule has 2 unspecified atom stereocenters. The highest BCUT2D eigenvalue weighted by molar-refractivity contribution is 7.99. The number of thiophene rings is 1. The van der Waals surface area contributed by atoms with Crippen molar-refractivity contribution in [2.75, 3.05) is 13.3 Å². The Kier molecular flexibility index (Phi) is 5.30. The van der Waals surface area contributed by atoms with E-state index in [-0.39, 0.29) is 6.04 Å². The molecule has 0 saturated heterocycles. The molecule has 0 bridgehead atoms. The number of nitrogens with one attached hydrogen (secondary N) is 2. The maximum atomic E-state index is 12.3. The fraction of sp³-hybridized carbons (Fsp3) is 0.667. The normalized spacial score (nSPS) is 23.9. The Bertz CT molecular complexity index is 513. The van der Waals surface area contributed by atoms with Crippen LogP contribution in [0.2, 0.25) is 0 Å². The number of thioether (sulfide) groups is 1. The highest BCUT2D eigenvalue weighted by Gasteiger charge is 2.28. The third-order valence-electron chi connectivity index (χ3n) is 3.33. The van der Waals surface area contributed by atoms with Gasteiger partial charge in [0.15, 0.2) is 0 Å². The first-order chi connectivity index (χ1) is 9.05. The molecule has 0 spiro atoms. The van der Waals surface area contributed by atoms with E-state index in [4.69, 9.17) is 0 Å². The highest BCUT2D eigenvalue weighted by atomic mass is 32.2. The topological polar surface area (TPSA) is 58.2 Å². The Hall–Kier alpha value is -0.0800. The molecule has 1 fully saturated rings. The summed E-state index contributed by atoms with van der Waals surface area (Å²) in [6.45, 7) is 0.707. The fourth-order valence-electron chi connectivity index (χ4n) is 2.32. The third-order valence-corrected chi connectivity index (χ3v) is 7.01. The van der Waals surface area contributed by atoms with E-state index in [1.165, 1.54) is 11.3 Å². The zero-order chi connectivity index (χ0) is 13.9. The lowest BCUT2D eigenvalue weighted by Gasteiger charge is -2.12. The van der Waals surface area contributed by atoms with Crippen LogP contribution in [0, 0.1) is 0 Å². The number of hydrogen-bond donors (Lipinski definition) is 2. The lowest BCUT2D eigenvalue weighted by molar-refractivity contribution is 0.553. The summed E-state index contributed by atoms with van der Waals surface area (Å²) in [6, 6.07) is 1.85. The van der Waals surface area contributed by atoms with E-state index >= 15 is 0 Å². The van der Waals surface area contributed by atoms with Crippen molar-refractivity contribution in [2.45, 2.75) is 42.0 Å². The Morgan fingerprint density at radius 2 is 2.26 bits per heavy atom. The smallest absolute Gasteiger partial charge is 0.241 e. The average molecular weight is 321 g/mol. The van der Waals surface area contributed by atoms with Crippen molar-refractivity contribution in [1.82, 2.24) is 10.0 Å². The van der Waals surface area contributed by atoms with Gasteiger partial charge in [-0.05, 0) is 38.6 Å². The molecule has 4 nitrogen and oxygen atoms in total. The summed E-state index contributed by atoms with van der Waals surface area (Å²) in [4.78, 5) is 1.44. The second-order valence-corrected chi connectivity index (χ2v) is 8.62. The van der Waals surface area contributed by atoms with Crippen LogP contribution >= 0.6 is 23.1 Å². The van der Waals surface area contributed by atoms with E-state index in [9.17, 15) is 8.42 Å². The first kappa shape index (κ1) is 15.3. The largest absolute Gasteiger partial charge is 0.315 e. The van der Waals surface area contributed by atoms with Gasteiger partial charge in [0.25, 0.3) is 0 Å². The van der Waals surface area contributed by atoms with Crippen molar-refractivity contribution in [3.05, 3.63) is 16.3 Å². The first-order valence-corrected chi connectivity index (χ1v) is 9.97. The molecule has 0 aliphatic heterocycles. The minimum atomic E-state index is -3.35. The molecule has 7 heteroatoms.